The van der Waals surface area contributed by atoms with Crippen LogP contribution in [0.25, 0.3) is 98.8 Å². The van der Waals surface area contributed by atoms with E-state index in [1.54, 1.807) is 18.2 Å². The largest absolute Gasteiger partial charge is 0.455 e. The molecule has 0 aliphatic heterocycles. The van der Waals surface area contributed by atoms with Crippen molar-refractivity contribution in [2.75, 3.05) is 0 Å². The monoisotopic (exact) mass is 639 g/mol. The number of hydrogen-bond acceptors (Lipinski definition) is 1. The Morgan fingerprint density at radius 2 is 0.878 bits per heavy atom. The Morgan fingerprint density at radius 3 is 1.59 bits per heavy atom. The molecule has 0 amide bonds. The molecule has 0 saturated heterocycles. The summed E-state index contributed by atoms with van der Waals surface area (Å²) in [6, 6.07) is 11.4. The first kappa shape index (κ1) is 15.6. The van der Waals surface area contributed by atoms with Gasteiger partial charge in [0.1, 0.15) is 11.2 Å². The Kier molecular flexibility index (Phi) is 3.54. The maximum absolute atomic E-state index is 9.62. The minimum absolute atomic E-state index is 0.182. The van der Waals surface area contributed by atoms with Crippen LogP contribution in [-0.2, 0) is 0 Å². The number of rotatable bonds is 4. The molecule has 228 valence electrons. The Bertz CT molecular complexity index is 3710. The highest BCUT2D eigenvalue weighted by atomic mass is 16.3. The summed E-state index contributed by atoms with van der Waals surface area (Å²) in [4.78, 5) is 0. The van der Waals surface area contributed by atoms with E-state index in [0.717, 1.165) is 27.3 Å². The van der Waals surface area contributed by atoms with Crippen molar-refractivity contribution in [2.45, 2.75) is 0 Å². The zero-order chi connectivity index (χ0) is 47.1. The maximum atomic E-state index is 9.62. The van der Waals surface area contributed by atoms with Gasteiger partial charge in [-0.05, 0) is 77.3 Å². The van der Waals surface area contributed by atoms with Crippen LogP contribution >= 0.6 is 0 Å². The molecule has 1 nitrogen and oxygen atoms in total. The lowest BCUT2D eigenvalue weighted by Gasteiger charge is -2.18. The van der Waals surface area contributed by atoms with Crippen molar-refractivity contribution >= 4 is 54.3 Å². The quantitative estimate of drug-likeness (QED) is 0.175. The molecule has 1 heterocycles. The summed E-state index contributed by atoms with van der Waals surface area (Å²) in [5.74, 6) is 0. The van der Waals surface area contributed by atoms with Crippen LogP contribution in [0.15, 0.2) is 186 Å². The molecule has 0 aliphatic rings. The van der Waals surface area contributed by atoms with E-state index in [9.17, 15) is 11.0 Å². The van der Waals surface area contributed by atoms with E-state index in [-0.39, 0.29) is 16.7 Å². The topological polar surface area (TPSA) is 13.1 Å². The minimum Gasteiger partial charge on any atom is -0.455 e. The molecule has 0 fully saturated rings. The van der Waals surface area contributed by atoms with Crippen LogP contribution in [-0.4, -0.2) is 0 Å². The fourth-order valence-corrected chi connectivity index (χ4v) is 6.80. The predicted octanol–water partition coefficient (Wildman–Crippen LogP) is 13.7. The molecule has 0 atom stereocenters. The molecule has 0 bridgehead atoms. The molecule has 0 unspecified atom stereocenters. The van der Waals surface area contributed by atoms with E-state index in [1.165, 1.54) is 0 Å². The molecular weight excluding hydrogens is 593 g/mol. The Balaban J connectivity index is 1.34. The Morgan fingerprint density at radius 1 is 0.367 bits per heavy atom. The number of para-hydroxylation sites is 1. The van der Waals surface area contributed by atoms with Crippen molar-refractivity contribution in [1.82, 2.24) is 0 Å². The summed E-state index contributed by atoms with van der Waals surface area (Å²) in [5.41, 5.74) is 0.363. The van der Waals surface area contributed by atoms with E-state index in [0.29, 0.717) is 11.0 Å². The lowest BCUT2D eigenvalue weighted by atomic mass is 9.85. The SMILES string of the molecule is [2H]c1c([2H])c([2H])c(-c2c3c([2H])c([2H])c([2H])c([2H])c3c(-c3c([2H])c([2H])c(-c4cccc5c4oc4cccc(-c6cccc7ccccc67)c45)c([2H])c3[2H])c3c([2H])c([2H])c([2H])c([2H])c23)c([2H])c1[2H]. The van der Waals surface area contributed by atoms with E-state index < -0.39 is 147 Å². The van der Waals surface area contributed by atoms with Gasteiger partial charge in [0.15, 0.2) is 0 Å². The lowest BCUT2D eigenvalue weighted by Crippen LogP contribution is -1.90. The van der Waals surface area contributed by atoms with Gasteiger partial charge in [0, 0.05) is 16.3 Å². The van der Waals surface area contributed by atoms with E-state index >= 15 is 0 Å². The molecule has 0 N–H and O–H groups in total. The van der Waals surface area contributed by atoms with Gasteiger partial charge in [-0.2, -0.15) is 0 Å². The van der Waals surface area contributed by atoms with Crippen LogP contribution < -0.4 is 0 Å². The third kappa shape index (κ3) is 4.33. The van der Waals surface area contributed by atoms with Crippen molar-refractivity contribution in [3.8, 4) is 44.5 Å². The molecule has 10 rings (SSSR count). The van der Waals surface area contributed by atoms with E-state index in [4.69, 9.17) is 16.8 Å². The van der Waals surface area contributed by atoms with Crippen molar-refractivity contribution in [3.05, 3.63) is 182 Å². The zero-order valence-corrected chi connectivity index (χ0v) is 25.4. The molecule has 49 heavy (non-hydrogen) atoms. The van der Waals surface area contributed by atoms with Gasteiger partial charge in [-0.3, -0.25) is 0 Å². The van der Waals surface area contributed by atoms with E-state index in [2.05, 4.69) is 0 Å². The predicted molar refractivity (Wildman–Crippen MR) is 208 cm³/mol. The van der Waals surface area contributed by atoms with Gasteiger partial charge in [-0.1, -0.05) is 176 Å². The third-order valence-electron chi connectivity index (χ3n) is 8.87. The van der Waals surface area contributed by atoms with Crippen LogP contribution in [0.1, 0.15) is 23.3 Å². The minimum atomic E-state index is -0.829. The molecule has 1 heteroatoms. The summed E-state index contributed by atoms with van der Waals surface area (Å²) in [7, 11) is 0. The van der Waals surface area contributed by atoms with Crippen molar-refractivity contribution in [2.24, 2.45) is 0 Å². The zero-order valence-electron chi connectivity index (χ0n) is 42.4. The van der Waals surface area contributed by atoms with Gasteiger partial charge in [0.2, 0.25) is 0 Å². The first-order valence-electron chi connectivity index (χ1n) is 24.0. The standard InChI is InChI=1S/C48H30O/c1-2-14-33(15-3-1)45-39-18-6-8-20-41(39)46(42-21-9-7-19-40(42)45)34-29-27-32(28-30-34)36-22-11-25-43-47-38(24-12-26-44(47)49-48(36)43)37-23-10-16-31-13-4-5-17-35(31)37/h1-30H/i1D,2D,3D,6D,7D,8D,9D,14D,15D,18D,19D,20D,21D,27D,28D,29D,30D. The molecule has 0 spiro atoms. The normalized spacial score (nSPS) is 16.5. The molecular formula is C48H30O. The summed E-state index contributed by atoms with van der Waals surface area (Å²) in [6.07, 6.45) is 0. The van der Waals surface area contributed by atoms with E-state index in [1.807, 2.05) is 60.7 Å². The first-order valence-corrected chi connectivity index (χ1v) is 15.5. The highest BCUT2D eigenvalue weighted by Gasteiger charge is 2.19. The third-order valence-corrected chi connectivity index (χ3v) is 8.87. The fourth-order valence-electron chi connectivity index (χ4n) is 6.80. The second-order valence-corrected chi connectivity index (χ2v) is 11.5. The van der Waals surface area contributed by atoms with Gasteiger partial charge in [-0.15, -0.1) is 0 Å². The molecule has 9 aromatic carbocycles. The second-order valence-electron chi connectivity index (χ2n) is 11.5. The van der Waals surface area contributed by atoms with Crippen LogP contribution in [0.2, 0.25) is 0 Å². The summed E-state index contributed by atoms with van der Waals surface area (Å²) < 4.78 is 160. The number of fused-ring (bicyclic) bond motifs is 6. The number of furan rings is 1. The van der Waals surface area contributed by atoms with Gasteiger partial charge in [-0.25, -0.2) is 0 Å². The number of hydrogen-bond donors (Lipinski definition) is 0. The molecule has 0 saturated carbocycles. The molecule has 0 aliphatic carbocycles. The van der Waals surface area contributed by atoms with Gasteiger partial charge in [0.25, 0.3) is 0 Å². The van der Waals surface area contributed by atoms with Crippen LogP contribution in [0.3, 0.4) is 0 Å². The van der Waals surface area contributed by atoms with Crippen molar-refractivity contribution in [3.63, 3.8) is 0 Å². The lowest BCUT2D eigenvalue weighted by molar-refractivity contribution is 0.670. The van der Waals surface area contributed by atoms with Gasteiger partial charge in [0.05, 0.1) is 23.3 Å². The van der Waals surface area contributed by atoms with Gasteiger partial charge >= 0.3 is 0 Å². The highest BCUT2D eigenvalue weighted by molar-refractivity contribution is 6.22. The highest BCUT2D eigenvalue weighted by Crippen LogP contribution is 2.45. The number of benzene rings is 9. The average molecular weight is 640 g/mol. The summed E-state index contributed by atoms with van der Waals surface area (Å²) >= 11 is 0. The second kappa shape index (κ2) is 11.1. The summed E-state index contributed by atoms with van der Waals surface area (Å²) in [5, 5.41) is 1.31. The van der Waals surface area contributed by atoms with Crippen LogP contribution in [0.5, 0.6) is 0 Å². The van der Waals surface area contributed by atoms with Crippen LogP contribution in [0, 0.1) is 0 Å². The first-order chi connectivity index (χ1) is 31.4. The van der Waals surface area contributed by atoms with Gasteiger partial charge < -0.3 is 4.42 Å². The molecule has 10 aromatic rings. The maximum Gasteiger partial charge on any atom is 0.143 e. The molecule has 0 radical (unpaired) electrons. The van der Waals surface area contributed by atoms with Crippen LogP contribution in [0.4, 0.5) is 0 Å². The van der Waals surface area contributed by atoms with Crippen molar-refractivity contribution < 1.29 is 27.7 Å². The molecule has 1 aromatic heterocycles. The average Bonchev–Trinajstić information content (AvgIpc) is 3.71. The smallest absolute Gasteiger partial charge is 0.143 e. The Labute approximate surface area is 308 Å². The summed E-state index contributed by atoms with van der Waals surface area (Å²) in [6.45, 7) is 0. The fraction of sp³-hybridized carbons (Fsp3) is 0. The Hall–Kier alpha value is -6.44. The van der Waals surface area contributed by atoms with Crippen molar-refractivity contribution in [1.29, 1.82) is 0 Å².